The maximum absolute atomic E-state index is 5.42. The van der Waals surface area contributed by atoms with Gasteiger partial charge in [-0.3, -0.25) is 0 Å². The van der Waals surface area contributed by atoms with E-state index >= 15 is 0 Å². The van der Waals surface area contributed by atoms with Gasteiger partial charge in [-0.1, -0.05) is 20.8 Å². The smallest absolute Gasteiger partial charge is 0.105 e. The van der Waals surface area contributed by atoms with Crippen LogP contribution in [0, 0.1) is 0 Å². The van der Waals surface area contributed by atoms with Crippen molar-refractivity contribution in [2.45, 2.75) is 39.7 Å². The molecule has 98 valence electrons. The summed E-state index contributed by atoms with van der Waals surface area (Å²) in [6, 6.07) is 4.54. The number of nitrogens with zero attached hydrogens (tertiary/aromatic N) is 1. The lowest BCUT2D eigenvalue weighted by Crippen LogP contribution is -2.35. The highest BCUT2D eigenvalue weighted by Gasteiger charge is 2.11. The minimum absolute atomic E-state index is 0.520. The lowest BCUT2D eigenvalue weighted by molar-refractivity contribution is 0.278. The summed E-state index contributed by atoms with van der Waals surface area (Å²) in [5, 5.41) is 3.54. The molecule has 1 aromatic heterocycles. The predicted octanol–water partition coefficient (Wildman–Crippen LogP) is 2.53. The third kappa shape index (κ3) is 5.37. The van der Waals surface area contributed by atoms with Crippen LogP contribution in [-0.4, -0.2) is 37.1 Å². The lowest BCUT2D eigenvalue weighted by atomic mass is 10.1. The molecule has 0 spiro atoms. The first kappa shape index (κ1) is 14.3. The van der Waals surface area contributed by atoms with Gasteiger partial charge < -0.3 is 14.6 Å². The summed E-state index contributed by atoms with van der Waals surface area (Å²) in [6.45, 7) is 11.0. The Bertz CT molecular complexity index is 268. The number of hydrogen-bond donors (Lipinski definition) is 1. The molecule has 0 aliphatic carbocycles. The van der Waals surface area contributed by atoms with Gasteiger partial charge in [0.15, 0.2) is 0 Å². The molecule has 1 heterocycles. The zero-order valence-corrected chi connectivity index (χ0v) is 11.4. The van der Waals surface area contributed by atoms with Gasteiger partial charge in [-0.25, -0.2) is 0 Å². The van der Waals surface area contributed by atoms with E-state index in [-0.39, 0.29) is 0 Å². The highest BCUT2D eigenvalue weighted by Crippen LogP contribution is 2.07. The minimum Gasteiger partial charge on any atom is -0.469 e. The van der Waals surface area contributed by atoms with Gasteiger partial charge in [0.1, 0.15) is 5.76 Å². The predicted molar refractivity (Wildman–Crippen MR) is 72.3 cm³/mol. The van der Waals surface area contributed by atoms with Gasteiger partial charge in [0.05, 0.1) is 6.26 Å². The summed E-state index contributed by atoms with van der Waals surface area (Å²) in [7, 11) is 0. The zero-order valence-electron chi connectivity index (χ0n) is 11.4. The lowest BCUT2D eigenvalue weighted by Gasteiger charge is -2.22. The van der Waals surface area contributed by atoms with Crippen molar-refractivity contribution in [3.05, 3.63) is 24.2 Å². The van der Waals surface area contributed by atoms with Crippen LogP contribution in [0.4, 0.5) is 0 Å². The van der Waals surface area contributed by atoms with Gasteiger partial charge in [0.2, 0.25) is 0 Å². The first-order chi connectivity index (χ1) is 8.30. The molecule has 0 aromatic carbocycles. The Hall–Kier alpha value is -0.800. The molecule has 3 nitrogen and oxygen atoms in total. The Morgan fingerprint density at radius 3 is 2.59 bits per heavy atom. The average Bonchev–Trinajstić information content (AvgIpc) is 2.83. The molecule has 0 amide bonds. The van der Waals surface area contributed by atoms with Gasteiger partial charge in [-0.2, -0.15) is 0 Å². The third-order valence-corrected chi connectivity index (χ3v) is 3.21. The average molecular weight is 238 g/mol. The van der Waals surface area contributed by atoms with Crippen molar-refractivity contribution in [3.63, 3.8) is 0 Å². The Morgan fingerprint density at radius 1 is 1.29 bits per heavy atom. The number of likely N-dealkylation sites (N-methyl/N-ethyl adjacent to an activating group) is 1. The molecule has 1 unspecified atom stereocenters. The van der Waals surface area contributed by atoms with E-state index in [4.69, 9.17) is 4.42 Å². The van der Waals surface area contributed by atoms with Gasteiger partial charge in [-0.05, 0) is 44.7 Å². The minimum atomic E-state index is 0.520. The third-order valence-electron chi connectivity index (χ3n) is 3.21. The number of nitrogens with one attached hydrogen (secondary N) is 1. The van der Waals surface area contributed by atoms with Crippen LogP contribution in [0.2, 0.25) is 0 Å². The molecule has 3 heteroatoms. The van der Waals surface area contributed by atoms with Crippen LogP contribution in [0.3, 0.4) is 0 Å². The molecule has 1 rings (SSSR count). The number of rotatable bonds is 9. The molecule has 0 radical (unpaired) electrons. The van der Waals surface area contributed by atoms with E-state index in [2.05, 4.69) is 37.1 Å². The summed E-state index contributed by atoms with van der Waals surface area (Å²) in [4.78, 5) is 2.46. The molecule has 0 aliphatic heterocycles. The fourth-order valence-electron chi connectivity index (χ4n) is 2.11. The van der Waals surface area contributed by atoms with E-state index in [1.807, 2.05) is 6.07 Å². The van der Waals surface area contributed by atoms with Gasteiger partial charge in [0, 0.05) is 12.5 Å². The maximum Gasteiger partial charge on any atom is 0.105 e. The van der Waals surface area contributed by atoms with Crippen LogP contribution in [0.15, 0.2) is 22.8 Å². The Kier molecular flexibility index (Phi) is 6.97. The van der Waals surface area contributed by atoms with Crippen LogP contribution < -0.4 is 5.32 Å². The molecule has 0 saturated carbocycles. The summed E-state index contributed by atoms with van der Waals surface area (Å²) in [5.41, 5.74) is 0. The van der Waals surface area contributed by atoms with Crippen molar-refractivity contribution in [2.24, 2.45) is 0 Å². The summed E-state index contributed by atoms with van der Waals surface area (Å²) in [5.74, 6) is 1.08. The Morgan fingerprint density at radius 2 is 2.06 bits per heavy atom. The Labute approximate surface area is 105 Å². The second-order valence-electron chi connectivity index (χ2n) is 4.35. The summed E-state index contributed by atoms with van der Waals surface area (Å²) < 4.78 is 5.42. The van der Waals surface area contributed by atoms with E-state index in [0.29, 0.717) is 6.04 Å². The van der Waals surface area contributed by atoms with Crippen molar-refractivity contribution in [1.82, 2.24) is 10.2 Å². The summed E-state index contributed by atoms with van der Waals surface area (Å²) >= 11 is 0. The van der Waals surface area contributed by atoms with E-state index < -0.39 is 0 Å². The monoisotopic (exact) mass is 238 g/mol. The van der Waals surface area contributed by atoms with E-state index in [1.165, 1.54) is 6.42 Å². The van der Waals surface area contributed by atoms with Crippen molar-refractivity contribution >= 4 is 0 Å². The van der Waals surface area contributed by atoms with Crippen LogP contribution >= 0.6 is 0 Å². The molecular weight excluding hydrogens is 212 g/mol. The van der Waals surface area contributed by atoms with Crippen molar-refractivity contribution in [1.29, 1.82) is 0 Å². The molecule has 0 saturated heterocycles. The zero-order chi connectivity index (χ0) is 12.5. The second kappa shape index (κ2) is 8.31. The van der Waals surface area contributed by atoms with E-state index in [0.717, 1.165) is 38.4 Å². The first-order valence-corrected chi connectivity index (χ1v) is 6.78. The topological polar surface area (TPSA) is 28.4 Å². The SMILES string of the molecule is CCNC(CCN(CC)CC)Cc1ccco1. The van der Waals surface area contributed by atoms with Crippen molar-refractivity contribution < 1.29 is 4.42 Å². The Balaban J connectivity index is 2.37. The maximum atomic E-state index is 5.42. The molecule has 0 aliphatic rings. The first-order valence-electron chi connectivity index (χ1n) is 6.78. The highest BCUT2D eigenvalue weighted by atomic mass is 16.3. The quantitative estimate of drug-likeness (QED) is 0.716. The van der Waals surface area contributed by atoms with Crippen LogP contribution in [0.25, 0.3) is 0 Å². The van der Waals surface area contributed by atoms with Crippen molar-refractivity contribution in [3.8, 4) is 0 Å². The number of furan rings is 1. The van der Waals surface area contributed by atoms with Gasteiger partial charge >= 0.3 is 0 Å². The normalized spacial score (nSPS) is 13.2. The molecular formula is C14H26N2O. The fraction of sp³-hybridized carbons (Fsp3) is 0.714. The second-order valence-corrected chi connectivity index (χ2v) is 4.35. The van der Waals surface area contributed by atoms with E-state index in [9.17, 15) is 0 Å². The standard InChI is InChI=1S/C14H26N2O/c1-4-15-13(9-10-16(5-2)6-3)12-14-8-7-11-17-14/h7-8,11,13,15H,4-6,9-10,12H2,1-3H3. The van der Waals surface area contributed by atoms with Crippen LogP contribution in [0.5, 0.6) is 0 Å². The molecule has 1 atom stereocenters. The van der Waals surface area contributed by atoms with Gasteiger partial charge in [0.25, 0.3) is 0 Å². The molecule has 0 fully saturated rings. The van der Waals surface area contributed by atoms with Crippen molar-refractivity contribution in [2.75, 3.05) is 26.2 Å². The molecule has 1 N–H and O–H groups in total. The van der Waals surface area contributed by atoms with Crippen LogP contribution in [-0.2, 0) is 6.42 Å². The molecule has 17 heavy (non-hydrogen) atoms. The molecule has 1 aromatic rings. The molecule has 0 bridgehead atoms. The largest absolute Gasteiger partial charge is 0.469 e. The highest BCUT2D eigenvalue weighted by molar-refractivity contribution is 5.00. The number of hydrogen-bond acceptors (Lipinski definition) is 3. The van der Waals surface area contributed by atoms with Gasteiger partial charge in [-0.15, -0.1) is 0 Å². The fourth-order valence-corrected chi connectivity index (χ4v) is 2.11. The van der Waals surface area contributed by atoms with E-state index in [1.54, 1.807) is 6.26 Å². The summed E-state index contributed by atoms with van der Waals surface area (Å²) in [6.07, 6.45) is 3.92. The van der Waals surface area contributed by atoms with Crippen LogP contribution in [0.1, 0.15) is 33.0 Å².